The number of amides is 2. The Morgan fingerprint density at radius 3 is 2.44 bits per heavy atom. The Labute approximate surface area is 150 Å². The highest BCUT2D eigenvalue weighted by molar-refractivity contribution is 6.06. The number of likely N-dealkylation sites (tertiary alicyclic amines) is 1. The van der Waals surface area contributed by atoms with E-state index in [9.17, 15) is 9.59 Å². The third kappa shape index (κ3) is 4.91. The summed E-state index contributed by atoms with van der Waals surface area (Å²) in [7, 11) is 0. The Morgan fingerprint density at radius 1 is 1.24 bits per heavy atom. The van der Waals surface area contributed by atoms with Gasteiger partial charge in [0.1, 0.15) is 5.60 Å². The first-order valence-corrected chi connectivity index (χ1v) is 8.66. The fourth-order valence-corrected chi connectivity index (χ4v) is 2.99. The quantitative estimate of drug-likeness (QED) is 0.713. The highest BCUT2D eigenvalue weighted by Crippen LogP contribution is 2.39. The van der Waals surface area contributed by atoms with Crippen LogP contribution in [0.3, 0.4) is 0 Å². The van der Waals surface area contributed by atoms with Crippen LogP contribution in [0.5, 0.6) is 0 Å². The first-order valence-electron chi connectivity index (χ1n) is 8.66. The summed E-state index contributed by atoms with van der Waals surface area (Å²) < 4.78 is 5.39. The van der Waals surface area contributed by atoms with Crippen molar-refractivity contribution in [1.82, 2.24) is 9.88 Å². The first kappa shape index (κ1) is 19.2. The number of hydrogen-bond donors (Lipinski definition) is 0. The van der Waals surface area contributed by atoms with Crippen molar-refractivity contribution in [3.8, 4) is 0 Å². The van der Waals surface area contributed by atoms with Gasteiger partial charge in [-0.3, -0.25) is 9.78 Å². The molecule has 1 aromatic heterocycles. The Bertz CT molecular complexity index is 666. The Hall–Kier alpha value is -2.17. The fraction of sp³-hybridized carbons (Fsp3) is 0.550. The third-order valence-corrected chi connectivity index (χ3v) is 4.16. The molecule has 1 atom stereocenters. The van der Waals surface area contributed by atoms with Crippen molar-refractivity contribution in [1.29, 1.82) is 0 Å². The largest absolute Gasteiger partial charge is 0.443 e. The molecule has 1 aliphatic heterocycles. The van der Waals surface area contributed by atoms with Crippen molar-refractivity contribution < 1.29 is 14.3 Å². The number of imide groups is 1. The van der Waals surface area contributed by atoms with Crippen molar-refractivity contribution in [2.24, 2.45) is 11.3 Å². The maximum absolute atomic E-state index is 13.0. The highest BCUT2D eigenvalue weighted by Gasteiger charge is 2.41. The molecular weight excluding hydrogens is 316 g/mol. The van der Waals surface area contributed by atoms with E-state index in [2.05, 4.69) is 25.8 Å². The predicted octanol–water partition coefficient (Wildman–Crippen LogP) is 4.29. The second-order valence-corrected chi connectivity index (χ2v) is 8.50. The zero-order valence-corrected chi connectivity index (χ0v) is 16.0. The van der Waals surface area contributed by atoms with E-state index >= 15 is 0 Å². The zero-order valence-electron chi connectivity index (χ0n) is 16.0. The number of aromatic nitrogens is 1. The second kappa shape index (κ2) is 6.98. The molecule has 2 heterocycles. The molecule has 136 valence electrons. The van der Waals surface area contributed by atoms with Crippen LogP contribution in [0.4, 0.5) is 4.79 Å². The number of nitrogens with zero attached hydrogens (tertiary/aromatic N) is 2. The Kier molecular flexibility index (Phi) is 5.35. The molecule has 1 aromatic rings. The Morgan fingerprint density at radius 2 is 1.92 bits per heavy atom. The molecule has 5 heteroatoms. The summed E-state index contributed by atoms with van der Waals surface area (Å²) in [6.45, 7) is 12.1. The number of piperidine rings is 1. The molecule has 2 amide bonds. The molecule has 0 bridgehead atoms. The van der Waals surface area contributed by atoms with E-state index < -0.39 is 11.7 Å². The molecule has 0 aromatic carbocycles. The lowest BCUT2D eigenvalue weighted by atomic mass is 9.72. The van der Waals surface area contributed by atoms with E-state index in [1.807, 2.05) is 18.2 Å². The van der Waals surface area contributed by atoms with Crippen LogP contribution in [0.15, 0.2) is 30.0 Å². The Balaban J connectivity index is 2.37. The summed E-state index contributed by atoms with van der Waals surface area (Å²) in [6, 6.07) is 5.57. The smallest absolute Gasteiger partial charge is 0.417 e. The summed E-state index contributed by atoms with van der Waals surface area (Å²) in [5.74, 6) is -0.230. The van der Waals surface area contributed by atoms with Gasteiger partial charge in [0, 0.05) is 18.3 Å². The van der Waals surface area contributed by atoms with Crippen LogP contribution in [0.25, 0.3) is 6.08 Å². The fourth-order valence-electron chi connectivity index (χ4n) is 2.99. The molecule has 1 saturated heterocycles. The molecule has 0 spiro atoms. The van der Waals surface area contributed by atoms with Crippen LogP contribution in [0.2, 0.25) is 0 Å². The van der Waals surface area contributed by atoms with Crippen molar-refractivity contribution >= 4 is 18.1 Å². The van der Waals surface area contributed by atoms with Crippen molar-refractivity contribution in [3.63, 3.8) is 0 Å². The van der Waals surface area contributed by atoms with E-state index in [0.29, 0.717) is 24.2 Å². The number of hydrogen-bond acceptors (Lipinski definition) is 4. The van der Waals surface area contributed by atoms with Crippen LogP contribution in [-0.2, 0) is 9.53 Å². The molecule has 25 heavy (non-hydrogen) atoms. The lowest BCUT2D eigenvalue weighted by molar-refractivity contribution is -0.129. The van der Waals surface area contributed by atoms with E-state index in [1.54, 1.807) is 33.0 Å². The third-order valence-electron chi connectivity index (χ3n) is 4.16. The molecule has 1 unspecified atom stereocenters. The SMILES string of the molecule is CC(C)(C)OC(=O)N1CCC(C(C)(C)C)/C(=C\c2ccccn2)C1=O. The van der Waals surface area contributed by atoms with Crippen molar-refractivity contribution in [2.45, 2.75) is 53.6 Å². The topological polar surface area (TPSA) is 59.5 Å². The van der Waals surface area contributed by atoms with Gasteiger partial charge in [-0.1, -0.05) is 26.8 Å². The minimum absolute atomic E-state index is 0.0562. The number of carbonyl (C=O) groups excluding carboxylic acids is 2. The molecule has 1 fully saturated rings. The predicted molar refractivity (Wildman–Crippen MR) is 97.7 cm³/mol. The van der Waals surface area contributed by atoms with Gasteiger partial charge in [0.25, 0.3) is 5.91 Å². The van der Waals surface area contributed by atoms with Gasteiger partial charge in [0.2, 0.25) is 0 Å². The summed E-state index contributed by atoms with van der Waals surface area (Å²) in [6.07, 6.45) is 3.62. The van der Waals surface area contributed by atoms with E-state index in [1.165, 1.54) is 4.90 Å². The van der Waals surface area contributed by atoms with Gasteiger partial charge in [-0.2, -0.15) is 0 Å². The van der Waals surface area contributed by atoms with E-state index in [-0.39, 0.29) is 17.2 Å². The van der Waals surface area contributed by atoms with Gasteiger partial charge in [-0.05, 0) is 56.7 Å². The van der Waals surface area contributed by atoms with E-state index in [4.69, 9.17) is 4.74 Å². The maximum atomic E-state index is 13.0. The van der Waals surface area contributed by atoms with Gasteiger partial charge in [-0.25, -0.2) is 9.69 Å². The monoisotopic (exact) mass is 344 g/mol. The maximum Gasteiger partial charge on any atom is 0.417 e. The van der Waals surface area contributed by atoms with Gasteiger partial charge >= 0.3 is 6.09 Å². The van der Waals surface area contributed by atoms with E-state index in [0.717, 1.165) is 0 Å². The minimum Gasteiger partial charge on any atom is -0.443 e. The second-order valence-electron chi connectivity index (χ2n) is 8.50. The lowest BCUT2D eigenvalue weighted by Gasteiger charge is -2.39. The standard InChI is InChI=1S/C20H28N2O3/c1-19(2,3)16-10-12-22(18(24)25-20(4,5)6)17(23)15(16)13-14-9-7-8-11-21-14/h7-9,11,13,16H,10,12H2,1-6H3/b15-13+. The first-order chi connectivity index (χ1) is 11.5. The molecule has 5 nitrogen and oxygen atoms in total. The van der Waals surface area contributed by atoms with Gasteiger partial charge in [0.15, 0.2) is 0 Å². The van der Waals surface area contributed by atoms with Crippen LogP contribution in [-0.4, -0.2) is 34.0 Å². The van der Waals surface area contributed by atoms with Gasteiger partial charge < -0.3 is 4.74 Å². The number of rotatable bonds is 1. The van der Waals surface area contributed by atoms with Crippen molar-refractivity contribution in [2.75, 3.05) is 6.54 Å². The number of pyridine rings is 1. The number of carbonyl (C=O) groups is 2. The summed E-state index contributed by atoms with van der Waals surface area (Å²) in [5, 5.41) is 0. The molecular formula is C20H28N2O3. The van der Waals surface area contributed by atoms with Crippen LogP contribution >= 0.6 is 0 Å². The molecule has 2 rings (SSSR count). The zero-order chi connectivity index (χ0) is 18.8. The molecule has 1 aliphatic rings. The molecule has 0 radical (unpaired) electrons. The molecule has 0 aliphatic carbocycles. The average Bonchev–Trinajstić information content (AvgIpc) is 2.47. The van der Waals surface area contributed by atoms with Crippen LogP contribution in [0.1, 0.15) is 53.7 Å². The highest BCUT2D eigenvalue weighted by atomic mass is 16.6. The van der Waals surface area contributed by atoms with Crippen LogP contribution < -0.4 is 0 Å². The van der Waals surface area contributed by atoms with Gasteiger partial charge in [0.05, 0.1) is 5.69 Å². The van der Waals surface area contributed by atoms with Crippen LogP contribution in [0, 0.1) is 11.3 Å². The minimum atomic E-state index is -0.636. The average molecular weight is 344 g/mol. The van der Waals surface area contributed by atoms with Crippen molar-refractivity contribution in [3.05, 3.63) is 35.7 Å². The number of ether oxygens (including phenoxy) is 1. The summed E-state index contributed by atoms with van der Waals surface area (Å²) >= 11 is 0. The molecule has 0 saturated carbocycles. The normalized spacial score (nSPS) is 20.7. The van der Waals surface area contributed by atoms with Gasteiger partial charge in [-0.15, -0.1) is 0 Å². The summed E-state index contributed by atoms with van der Waals surface area (Å²) in [4.78, 5) is 31.0. The molecule has 0 N–H and O–H groups in total. The lowest BCUT2D eigenvalue weighted by Crippen LogP contribution is -2.48. The summed E-state index contributed by atoms with van der Waals surface area (Å²) in [5.41, 5.74) is 0.605.